The number of amides is 2. The molecule has 0 bridgehead atoms. The van der Waals surface area contributed by atoms with Crippen molar-refractivity contribution in [3.63, 3.8) is 0 Å². The average molecular weight is 432 g/mol. The molecule has 0 aliphatic carbocycles. The van der Waals surface area contributed by atoms with Crippen molar-refractivity contribution >= 4 is 17.5 Å². The molecule has 0 unspecified atom stereocenters. The van der Waals surface area contributed by atoms with Crippen molar-refractivity contribution in [2.24, 2.45) is 5.73 Å². The zero-order valence-corrected chi connectivity index (χ0v) is 16.6. The maximum atomic E-state index is 13.8. The molecule has 1 aromatic heterocycles. The predicted molar refractivity (Wildman–Crippen MR) is 114 cm³/mol. The van der Waals surface area contributed by atoms with Crippen LogP contribution in [-0.2, 0) is 4.79 Å². The van der Waals surface area contributed by atoms with Gasteiger partial charge in [-0.15, -0.1) is 0 Å². The fourth-order valence-electron chi connectivity index (χ4n) is 2.91. The van der Waals surface area contributed by atoms with Gasteiger partial charge in [0.05, 0.1) is 5.56 Å². The van der Waals surface area contributed by atoms with E-state index in [1.165, 1.54) is 18.2 Å². The van der Waals surface area contributed by atoms with Gasteiger partial charge in [0.2, 0.25) is 5.82 Å². The molecule has 3 N–H and O–H groups in total. The van der Waals surface area contributed by atoms with Crippen molar-refractivity contribution in [3.05, 3.63) is 84.2 Å². The topological polar surface area (TPSA) is 120 Å². The van der Waals surface area contributed by atoms with Gasteiger partial charge in [0.25, 0.3) is 17.7 Å². The molecular weight excluding hydrogens is 415 g/mol. The minimum atomic E-state index is -0.606. The van der Waals surface area contributed by atoms with Crippen LogP contribution in [0.3, 0.4) is 0 Å². The largest absolute Gasteiger partial charge is 0.484 e. The number of hydrogen-bond donors (Lipinski definition) is 2. The van der Waals surface area contributed by atoms with Gasteiger partial charge in [-0.05, 0) is 42.5 Å². The van der Waals surface area contributed by atoms with Crippen LogP contribution in [0.25, 0.3) is 22.8 Å². The summed E-state index contributed by atoms with van der Waals surface area (Å²) in [6.07, 6.45) is 0. The zero-order chi connectivity index (χ0) is 22.5. The summed E-state index contributed by atoms with van der Waals surface area (Å²) in [5.74, 6) is -0.792. The van der Waals surface area contributed by atoms with Crippen molar-refractivity contribution in [1.29, 1.82) is 0 Å². The van der Waals surface area contributed by atoms with Crippen LogP contribution in [0.15, 0.2) is 77.3 Å². The average Bonchev–Trinajstić information content (AvgIpc) is 3.29. The molecular formula is C23H17FN4O4. The number of primary amides is 1. The van der Waals surface area contributed by atoms with Crippen LogP contribution >= 0.6 is 0 Å². The van der Waals surface area contributed by atoms with Crippen molar-refractivity contribution in [3.8, 4) is 28.6 Å². The van der Waals surface area contributed by atoms with Crippen LogP contribution in [0, 0.1) is 5.82 Å². The number of carbonyl (C=O) groups is 2. The Morgan fingerprint density at radius 1 is 1.00 bits per heavy atom. The molecule has 1 heterocycles. The lowest BCUT2D eigenvalue weighted by Gasteiger charge is -2.07. The Balaban J connectivity index is 1.53. The van der Waals surface area contributed by atoms with Crippen molar-refractivity contribution < 1.29 is 23.2 Å². The Morgan fingerprint density at radius 2 is 1.78 bits per heavy atom. The van der Waals surface area contributed by atoms with Gasteiger partial charge in [-0.2, -0.15) is 4.98 Å². The number of aromatic nitrogens is 2. The molecule has 9 heteroatoms. The van der Waals surface area contributed by atoms with E-state index in [9.17, 15) is 14.0 Å². The van der Waals surface area contributed by atoms with Gasteiger partial charge in [0.15, 0.2) is 6.61 Å². The number of rotatable bonds is 7. The molecule has 2 amide bonds. The highest BCUT2D eigenvalue weighted by Crippen LogP contribution is 2.26. The number of carbonyl (C=O) groups excluding carboxylic acids is 2. The lowest BCUT2D eigenvalue weighted by molar-refractivity contribution is -0.119. The van der Waals surface area contributed by atoms with E-state index in [0.717, 1.165) is 0 Å². The summed E-state index contributed by atoms with van der Waals surface area (Å²) < 4.78 is 24.5. The van der Waals surface area contributed by atoms with E-state index in [1.54, 1.807) is 54.6 Å². The Morgan fingerprint density at radius 3 is 2.59 bits per heavy atom. The summed E-state index contributed by atoms with van der Waals surface area (Å²) in [5, 5.41) is 6.64. The van der Waals surface area contributed by atoms with Gasteiger partial charge in [0.1, 0.15) is 11.6 Å². The number of nitrogens with two attached hydrogens (primary N) is 1. The molecule has 32 heavy (non-hydrogen) atoms. The minimum absolute atomic E-state index is 0.0572. The lowest BCUT2D eigenvalue weighted by atomic mass is 10.1. The van der Waals surface area contributed by atoms with Crippen LogP contribution < -0.4 is 15.8 Å². The van der Waals surface area contributed by atoms with Crippen LogP contribution in [0.1, 0.15) is 10.4 Å². The van der Waals surface area contributed by atoms with Gasteiger partial charge < -0.3 is 20.3 Å². The maximum Gasteiger partial charge on any atom is 0.258 e. The summed E-state index contributed by atoms with van der Waals surface area (Å²) >= 11 is 0. The monoisotopic (exact) mass is 432 g/mol. The normalized spacial score (nSPS) is 10.5. The number of nitrogens with zero attached hydrogens (tertiary/aromatic N) is 2. The lowest BCUT2D eigenvalue weighted by Crippen LogP contribution is -2.19. The van der Waals surface area contributed by atoms with E-state index < -0.39 is 17.6 Å². The second-order valence-electron chi connectivity index (χ2n) is 6.72. The first-order chi connectivity index (χ1) is 15.5. The third-order valence-electron chi connectivity index (χ3n) is 4.39. The summed E-state index contributed by atoms with van der Waals surface area (Å²) in [4.78, 5) is 27.6. The second kappa shape index (κ2) is 9.09. The number of halogens is 1. The summed E-state index contributed by atoms with van der Waals surface area (Å²) in [6.45, 7) is -0.246. The van der Waals surface area contributed by atoms with Crippen LogP contribution in [0.2, 0.25) is 0 Å². The van der Waals surface area contributed by atoms with Gasteiger partial charge in [-0.25, -0.2) is 4.39 Å². The fourth-order valence-corrected chi connectivity index (χ4v) is 2.91. The molecule has 0 saturated carbocycles. The zero-order valence-electron chi connectivity index (χ0n) is 16.6. The summed E-state index contributed by atoms with van der Waals surface area (Å²) in [5.41, 5.74) is 6.66. The number of nitrogens with one attached hydrogen (secondary N) is 1. The van der Waals surface area contributed by atoms with E-state index in [4.69, 9.17) is 15.0 Å². The van der Waals surface area contributed by atoms with E-state index in [0.29, 0.717) is 28.4 Å². The highest BCUT2D eigenvalue weighted by Gasteiger charge is 2.14. The molecule has 3 aromatic carbocycles. The predicted octanol–water partition coefficient (Wildman–Crippen LogP) is 3.66. The van der Waals surface area contributed by atoms with Crippen molar-refractivity contribution in [2.45, 2.75) is 0 Å². The molecule has 0 aliphatic rings. The molecule has 4 rings (SSSR count). The molecule has 0 fully saturated rings. The van der Waals surface area contributed by atoms with Gasteiger partial charge in [-0.3, -0.25) is 9.59 Å². The first-order valence-corrected chi connectivity index (χ1v) is 9.51. The maximum absolute atomic E-state index is 13.8. The third kappa shape index (κ3) is 4.78. The van der Waals surface area contributed by atoms with Crippen LogP contribution in [-0.4, -0.2) is 28.6 Å². The van der Waals surface area contributed by atoms with E-state index in [1.807, 2.05) is 0 Å². The molecule has 0 spiro atoms. The smallest absolute Gasteiger partial charge is 0.258 e. The van der Waals surface area contributed by atoms with Crippen molar-refractivity contribution in [2.75, 3.05) is 11.9 Å². The van der Waals surface area contributed by atoms with Gasteiger partial charge in [-0.1, -0.05) is 35.5 Å². The molecule has 0 atom stereocenters. The van der Waals surface area contributed by atoms with Crippen LogP contribution in [0.4, 0.5) is 10.1 Å². The van der Waals surface area contributed by atoms with E-state index >= 15 is 0 Å². The molecule has 0 aliphatic heterocycles. The van der Waals surface area contributed by atoms with E-state index in [-0.39, 0.29) is 18.1 Å². The highest BCUT2D eigenvalue weighted by molar-refractivity contribution is 6.04. The standard InChI is InChI=1S/C23H17FN4O4/c24-19-10-2-1-9-18(19)22(30)26-16-7-3-5-14(11-16)21-27-23(32-28-21)15-6-4-8-17(12-15)31-13-20(25)29/h1-12H,13H2,(H2,25,29)(H,26,30). The summed E-state index contributed by atoms with van der Waals surface area (Å²) in [6, 6.07) is 19.3. The number of ether oxygens (including phenoxy) is 1. The first-order valence-electron chi connectivity index (χ1n) is 9.51. The molecule has 8 nitrogen and oxygen atoms in total. The number of hydrogen-bond acceptors (Lipinski definition) is 6. The Bertz CT molecular complexity index is 1290. The molecule has 4 aromatic rings. The molecule has 0 saturated heterocycles. The Kier molecular flexibility index (Phi) is 5.89. The highest BCUT2D eigenvalue weighted by atomic mass is 19.1. The number of anilines is 1. The van der Waals surface area contributed by atoms with Gasteiger partial charge in [0, 0.05) is 16.8 Å². The van der Waals surface area contributed by atoms with Gasteiger partial charge >= 0.3 is 0 Å². The molecule has 160 valence electrons. The Hall–Kier alpha value is -4.53. The quantitative estimate of drug-likeness (QED) is 0.460. The second-order valence-corrected chi connectivity index (χ2v) is 6.72. The van der Waals surface area contributed by atoms with E-state index in [2.05, 4.69) is 15.5 Å². The minimum Gasteiger partial charge on any atom is -0.484 e. The molecule has 0 radical (unpaired) electrons. The fraction of sp³-hybridized carbons (Fsp3) is 0.0435. The van der Waals surface area contributed by atoms with Crippen molar-refractivity contribution in [1.82, 2.24) is 10.1 Å². The Labute approximate surface area is 181 Å². The SMILES string of the molecule is NC(=O)COc1cccc(-c2nc(-c3cccc(NC(=O)c4ccccc4F)c3)no2)c1. The third-order valence-corrected chi connectivity index (χ3v) is 4.39. The first kappa shape index (κ1) is 20.7. The van der Waals surface area contributed by atoms with Crippen LogP contribution in [0.5, 0.6) is 5.75 Å². The number of benzene rings is 3. The summed E-state index contributed by atoms with van der Waals surface area (Å²) in [7, 11) is 0.